The molecular formula is C24H31NO3. The van der Waals surface area contributed by atoms with Crippen molar-refractivity contribution in [2.24, 2.45) is 10.4 Å². The van der Waals surface area contributed by atoms with E-state index in [0.29, 0.717) is 5.90 Å². The summed E-state index contributed by atoms with van der Waals surface area (Å²) in [5, 5.41) is 0. The van der Waals surface area contributed by atoms with Gasteiger partial charge in [-0.2, -0.15) is 0 Å². The van der Waals surface area contributed by atoms with Crippen LogP contribution in [0.2, 0.25) is 0 Å². The number of hydrogen-bond donors (Lipinski definition) is 0. The first kappa shape index (κ1) is 20.2. The van der Waals surface area contributed by atoms with Crippen molar-refractivity contribution in [2.75, 3.05) is 14.2 Å². The van der Waals surface area contributed by atoms with Crippen molar-refractivity contribution >= 4 is 5.90 Å². The first-order valence-electron chi connectivity index (χ1n) is 9.71. The molecule has 4 heteroatoms. The Kier molecular flexibility index (Phi) is 5.42. The fourth-order valence-corrected chi connectivity index (χ4v) is 4.13. The fraction of sp³-hybridized carbons (Fsp3) is 0.458. The van der Waals surface area contributed by atoms with Gasteiger partial charge in [-0.05, 0) is 55.5 Å². The average Bonchev–Trinajstić information content (AvgIpc) is 2.97. The molecule has 4 nitrogen and oxygen atoms in total. The van der Waals surface area contributed by atoms with Crippen LogP contribution in [-0.2, 0) is 4.74 Å². The van der Waals surface area contributed by atoms with Crippen molar-refractivity contribution in [1.82, 2.24) is 0 Å². The highest BCUT2D eigenvalue weighted by Gasteiger charge is 2.36. The Morgan fingerprint density at radius 2 is 1.61 bits per heavy atom. The van der Waals surface area contributed by atoms with Crippen molar-refractivity contribution in [1.29, 1.82) is 0 Å². The van der Waals surface area contributed by atoms with E-state index in [0.717, 1.165) is 34.6 Å². The molecule has 0 N–H and O–H groups in total. The van der Waals surface area contributed by atoms with E-state index in [1.165, 1.54) is 0 Å². The molecule has 0 aromatic heterocycles. The molecule has 0 fully saturated rings. The van der Waals surface area contributed by atoms with Crippen LogP contribution in [0, 0.1) is 5.41 Å². The lowest BCUT2D eigenvalue weighted by Gasteiger charge is -2.29. The minimum absolute atomic E-state index is 0.179. The van der Waals surface area contributed by atoms with E-state index < -0.39 is 0 Å². The number of ether oxygens (including phenoxy) is 3. The van der Waals surface area contributed by atoms with Crippen molar-refractivity contribution in [3.8, 4) is 11.5 Å². The minimum atomic E-state index is -0.249. The molecule has 1 unspecified atom stereocenters. The van der Waals surface area contributed by atoms with Gasteiger partial charge in [0, 0.05) is 5.56 Å². The summed E-state index contributed by atoms with van der Waals surface area (Å²) in [5.74, 6) is 2.32. The van der Waals surface area contributed by atoms with E-state index in [-0.39, 0.29) is 17.1 Å². The number of nitrogens with zero attached hydrogens (tertiary/aromatic N) is 1. The van der Waals surface area contributed by atoms with Gasteiger partial charge in [0.1, 0.15) is 11.5 Å². The van der Waals surface area contributed by atoms with E-state index in [2.05, 4.69) is 40.7 Å². The van der Waals surface area contributed by atoms with Gasteiger partial charge in [-0.1, -0.05) is 39.0 Å². The van der Waals surface area contributed by atoms with Gasteiger partial charge in [-0.15, -0.1) is 0 Å². The van der Waals surface area contributed by atoms with E-state index in [4.69, 9.17) is 19.2 Å². The van der Waals surface area contributed by atoms with Gasteiger partial charge >= 0.3 is 0 Å². The molecule has 2 aromatic rings. The molecular weight excluding hydrogens is 350 g/mol. The third-order valence-corrected chi connectivity index (χ3v) is 4.79. The number of fused-ring (bicyclic) bond motifs is 1. The lowest BCUT2D eigenvalue weighted by molar-refractivity contribution is 0.235. The summed E-state index contributed by atoms with van der Waals surface area (Å²) >= 11 is 0. The van der Waals surface area contributed by atoms with Crippen LogP contribution in [0.15, 0.2) is 47.5 Å². The normalized spacial score (nSPS) is 18.0. The standard InChI is InChI=1S/C24H31NO3/c1-23(2,3)15-24(4,5)25-22-18-9-8-10-19(27-7)20(18)21(28-22)16-11-13-17(26-6)14-12-16/h8-14,21H,15H2,1-7H3. The molecule has 0 saturated carbocycles. The molecule has 150 valence electrons. The van der Waals surface area contributed by atoms with Gasteiger partial charge in [-0.25, -0.2) is 4.99 Å². The highest BCUT2D eigenvalue weighted by molar-refractivity contribution is 5.99. The summed E-state index contributed by atoms with van der Waals surface area (Å²) in [7, 11) is 3.36. The van der Waals surface area contributed by atoms with Gasteiger partial charge in [0.2, 0.25) is 5.90 Å². The largest absolute Gasteiger partial charge is 0.497 e. The maximum absolute atomic E-state index is 6.41. The number of hydrogen-bond acceptors (Lipinski definition) is 4. The average molecular weight is 382 g/mol. The molecule has 0 aliphatic carbocycles. The van der Waals surface area contributed by atoms with E-state index in [9.17, 15) is 0 Å². The van der Waals surface area contributed by atoms with E-state index in [1.807, 2.05) is 36.4 Å². The van der Waals surface area contributed by atoms with Gasteiger partial charge in [0.05, 0.1) is 25.3 Å². The highest BCUT2D eigenvalue weighted by Crippen LogP contribution is 2.43. The quantitative estimate of drug-likeness (QED) is 0.658. The van der Waals surface area contributed by atoms with Crippen LogP contribution in [0.1, 0.15) is 63.8 Å². The van der Waals surface area contributed by atoms with Crippen LogP contribution in [0.5, 0.6) is 11.5 Å². The molecule has 2 aromatic carbocycles. The van der Waals surface area contributed by atoms with Crippen LogP contribution in [-0.4, -0.2) is 25.7 Å². The summed E-state index contributed by atoms with van der Waals surface area (Å²) in [6, 6.07) is 14.0. The minimum Gasteiger partial charge on any atom is -0.497 e. The zero-order chi connectivity index (χ0) is 20.5. The zero-order valence-corrected chi connectivity index (χ0v) is 18.0. The molecule has 28 heavy (non-hydrogen) atoms. The van der Waals surface area contributed by atoms with E-state index >= 15 is 0 Å². The van der Waals surface area contributed by atoms with Crippen molar-refractivity contribution in [3.05, 3.63) is 59.2 Å². The molecule has 1 heterocycles. The van der Waals surface area contributed by atoms with Crippen molar-refractivity contribution in [3.63, 3.8) is 0 Å². The first-order valence-corrected chi connectivity index (χ1v) is 9.71. The molecule has 0 radical (unpaired) electrons. The second-order valence-electron chi connectivity index (χ2n) is 9.16. The zero-order valence-electron chi connectivity index (χ0n) is 18.0. The lowest BCUT2D eigenvalue weighted by Crippen LogP contribution is -2.26. The SMILES string of the molecule is COc1ccc(C2OC(=NC(C)(C)CC(C)(C)C)c3cccc(OC)c32)cc1. The van der Waals surface area contributed by atoms with Crippen molar-refractivity contribution < 1.29 is 14.2 Å². The van der Waals surface area contributed by atoms with Crippen LogP contribution in [0.4, 0.5) is 0 Å². The Balaban J connectivity index is 2.05. The molecule has 3 rings (SSSR count). The summed E-state index contributed by atoms with van der Waals surface area (Å²) in [6.45, 7) is 11.0. The maximum Gasteiger partial charge on any atom is 0.218 e. The molecule has 0 saturated heterocycles. The molecule has 1 atom stereocenters. The second kappa shape index (κ2) is 7.50. The van der Waals surface area contributed by atoms with Gasteiger partial charge < -0.3 is 14.2 Å². The third kappa shape index (κ3) is 4.32. The topological polar surface area (TPSA) is 40.0 Å². The maximum atomic E-state index is 6.41. The molecule has 0 amide bonds. The number of rotatable bonds is 5. The van der Waals surface area contributed by atoms with Crippen LogP contribution in [0.3, 0.4) is 0 Å². The van der Waals surface area contributed by atoms with Gasteiger partial charge in [0.25, 0.3) is 0 Å². The van der Waals surface area contributed by atoms with Gasteiger partial charge in [-0.3, -0.25) is 0 Å². The summed E-state index contributed by atoms with van der Waals surface area (Å²) < 4.78 is 17.4. The van der Waals surface area contributed by atoms with E-state index in [1.54, 1.807) is 14.2 Å². The fourth-order valence-electron chi connectivity index (χ4n) is 4.13. The monoisotopic (exact) mass is 381 g/mol. The Bertz CT molecular complexity index is 860. The van der Waals surface area contributed by atoms with Crippen LogP contribution < -0.4 is 9.47 Å². The summed E-state index contributed by atoms with van der Waals surface area (Å²) in [4.78, 5) is 5.03. The van der Waals surface area contributed by atoms with Crippen molar-refractivity contribution in [2.45, 2.75) is 52.7 Å². The Morgan fingerprint density at radius 1 is 0.929 bits per heavy atom. The predicted molar refractivity (Wildman–Crippen MR) is 114 cm³/mol. The Hall–Kier alpha value is -2.49. The Labute approximate surface area is 168 Å². The molecule has 0 spiro atoms. The lowest BCUT2D eigenvalue weighted by atomic mass is 9.82. The number of methoxy groups -OCH3 is 2. The summed E-state index contributed by atoms with van der Waals surface area (Å²) in [6.07, 6.45) is 0.709. The molecule has 1 aliphatic heterocycles. The van der Waals surface area contributed by atoms with Gasteiger partial charge in [0.15, 0.2) is 6.10 Å². The molecule has 1 aliphatic rings. The number of benzene rings is 2. The first-order chi connectivity index (χ1) is 13.1. The highest BCUT2D eigenvalue weighted by atomic mass is 16.5. The molecule has 0 bridgehead atoms. The predicted octanol–water partition coefficient (Wildman–Crippen LogP) is 5.78. The van der Waals surface area contributed by atoms with Crippen LogP contribution in [0.25, 0.3) is 0 Å². The third-order valence-electron chi connectivity index (χ3n) is 4.79. The second-order valence-corrected chi connectivity index (χ2v) is 9.16. The Morgan fingerprint density at radius 3 is 2.18 bits per heavy atom. The smallest absolute Gasteiger partial charge is 0.218 e. The van der Waals surface area contributed by atoms with Crippen LogP contribution >= 0.6 is 0 Å². The number of aliphatic imine (C=N–C) groups is 1. The summed E-state index contributed by atoms with van der Waals surface area (Å²) in [5.41, 5.74) is 3.02.